The van der Waals surface area contributed by atoms with Gasteiger partial charge in [-0.05, 0) is 51.4 Å². The van der Waals surface area contributed by atoms with Crippen LogP contribution in [0.5, 0.6) is 0 Å². The molecule has 0 aliphatic rings. The predicted octanol–water partition coefficient (Wildman–Crippen LogP) is 12.0. The first-order valence-corrected chi connectivity index (χ1v) is 22.2. The largest absolute Gasteiger partial charge is 0.477 e. The third-order valence-corrected chi connectivity index (χ3v) is 9.74. The lowest BCUT2D eigenvalue weighted by Crippen LogP contribution is -2.50. The Bertz CT molecular complexity index is 1040. The molecular weight excluding hydrogens is 691 g/mol. The number of carboxylic acid groups (broad SMARTS) is 1. The van der Waals surface area contributed by atoms with E-state index in [1.165, 1.54) is 83.5 Å². The molecule has 1 N–H and O–H groups in total. The van der Waals surface area contributed by atoms with E-state index >= 15 is 0 Å². The van der Waals surface area contributed by atoms with E-state index in [4.69, 9.17) is 14.2 Å². The van der Waals surface area contributed by atoms with Crippen LogP contribution < -0.4 is 0 Å². The second kappa shape index (κ2) is 38.2. The highest BCUT2D eigenvalue weighted by molar-refractivity contribution is 5.72. The number of rotatable bonds is 39. The molecule has 0 radical (unpaired) electrons. The molecule has 8 heteroatoms. The maximum Gasteiger partial charge on any atom is 0.362 e. The van der Waals surface area contributed by atoms with Gasteiger partial charge in [-0.25, -0.2) is 4.79 Å². The van der Waals surface area contributed by atoms with Gasteiger partial charge in [0.25, 0.3) is 0 Å². The third-order valence-electron chi connectivity index (χ3n) is 9.74. The number of allylic oxidation sites excluding steroid dienone is 8. The van der Waals surface area contributed by atoms with Crippen molar-refractivity contribution in [2.24, 2.45) is 0 Å². The molecule has 0 aromatic heterocycles. The van der Waals surface area contributed by atoms with E-state index in [2.05, 4.69) is 62.5 Å². The number of quaternary nitrogens is 1. The molecule has 2 atom stereocenters. The predicted molar refractivity (Wildman–Crippen MR) is 229 cm³/mol. The SMILES string of the molecule is CC/C=C/C/C=C/C/C=C/C/C=C/CCCCCCCCCCCCC(=O)OC(COCCC(C(=O)O)[N+](C)(C)C)COC(=O)CCCCCCCCCC. The Morgan fingerprint density at radius 3 is 1.51 bits per heavy atom. The van der Waals surface area contributed by atoms with Crippen LogP contribution >= 0.6 is 0 Å². The zero-order valence-electron chi connectivity index (χ0n) is 36.1. The van der Waals surface area contributed by atoms with E-state index in [0.29, 0.717) is 19.3 Å². The molecule has 2 unspecified atom stereocenters. The van der Waals surface area contributed by atoms with Gasteiger partial charge in [-0.15, -0.1) is 0 Å². The van der Waals surface area contributed by atoms with Gasteiger partial charge in [0, 0.05) is 19.3 Å². The summed E-state index contributed by atoms with van der Waals surface area (Å²) >= 11 is 0. The Kier molecular flexibility index (Phi) is 36.3. The molecule has 55 heavy (non-hydrogen) atoms. The number of carbonyl (C=O) groups excluding carboxylic acids is 2. The fraction of sp³-hybridized carbons (Fsp3) is 0.766. The van der Waals surface area contributed by atoms with Crippen molar-refractivity contribution in [3.8, 4) is 0 Å². The van der Waals surface area contributed by atoms with Crippen LogP contribution in [-0.4, -0.2) is 80.6 Å². The van der Waals surface area contributed by atoms with Gasteiger partial charge in [-0.1, -0.05) is 159 Å². The normalized spacial score (nSPS) is 13.4. The topological polar surface area (TPSA) is 99.1 Å². The van der Waals surface area contributed by atoms with E-state index in [1.54, 1.807) is 0 Å². The van der Waals surface area contributed by atoms with Gasteiger partial charge in [-0.2, -0.15) is 0 Å². The van der Waals surface area contributed by atoms with Crippen LogP contribution in [0.4, 0.5) is 0 Å². The summed E-state index contributed by atoms with van der Waals surface area (Å²) in [5, 5.41) is 9.60. The average Bonchev–Trinajstić information content (AvgIpc) is 3.14. The lowest BCUT2D eigenvalue weighted by atomic mass is 10.0. The minimum atomic E-state index is -0.877. The van der Waals surface area contributed by atoms with E-state index in [1.807, 2.05) is 21.1 Å². The molecule has 0 amide bonds. The van der Waals surface area contributed by atoms with Crippen molar-refractivity contribution >= 4 is 17.9 Å². The van der Waals surface area contributed by atoms with Crippen LogP contribution in [0.3, 0.4) is 0 Å². The van der Waals surface area contributed by atoms with Crippen molar-refractivity contribution in [1.29, 1.82) is 0 Å². The first-order chi connectivity index (χ1) is 26.6. The van der Waals surface area contributed by atoms with Crippen LogP contribution in [0, 0.1) is 0 Å². The number of carbonyl (C=O) groups is 3. The highest BCUT2D eigenvalue weighted by Crippen LogP contribution is 2.14. The number of unbranched alkanes of at least 4 members (excludes halogenated alkanes) is 17. The quantitative estimate of drug-likeness (QED) is 0.0287. The summed E-state index contributed by atoms with van der Waals surface area (Å²) in [5.74, 6) is -1.48. The fourth-order valence-electron chi connectivity index (χ4n) is 6.32. The van der Waals surface area contributed by atoms with E-state index in [0.717, 1.165) is 64.2 Å². The van der Waals surface area contributed by atoms with Crippen LogP contribution in [0.1, 0.15) is 181 Å². The molecule has 0 spiro atoms. The molecule has 0 saturated carbocycles. The number of likely N-dealkylation sites (N-methyl/N-ethyl adjacent to an activating group) is 1. The number of ether oxygens (including phenoxy) is 3. The van der Waals surface area contributed by atoms with Crippen molar-refractivity contribution in [3.63, 3.8) is 0 Å². The lowest BCUT2D eigenvalue weighted by Gasteiger charge is -2.31. The zero-order chi connectivity index (χ0) is 40.7. The maximum atomic E-state index is 12.7. The number of hydrogen-bond acceptors (Lipinski definition) is 6. The minimum absolute atomic E-state index is 0.0519. The van der Waals surface area contributed by atoms with Crippen LogP contribution in [-0.2, 0) is 28.6 Å². The Balaban J connectivity index is 4.20. The van der Waals surface area contributed by atoms with E-state index in [-0.39, 0.29) is 36.2 Å². The molecular formula is C47H84NO7+. The Morgan fingerprint density at radius 1 is 0.564 bits per heavy atom. The van der Waals surface area contributed by atoms with Gasteiger partial charge >= 0.3 is 17.9 Å². The Morgan fingerprint density at radius 2 is 1.02 bits per heavy atom. The fourth-order valence-corrected chi connectivity index (χ4v) is 6.32. The van der Waals surface area contributed by atoms with Gasteiger partial charge < -0.3 is 23.8 Å². The molecule has 0 saturated heterocycles. The summed E-state index contributed by atoms with van der Waals surface area (Å²) in [5.41, 5.74) is 0. The summed E-state index contributed by atoms with van der Waals surface area (Å²) in [7, 11) is 5.52. The second-order valence-corrected chi connectivity index (χ2v) is 15.9. The molecule has 0 heterocycles. The van der Waals surface area contributed by atoms with Crippen molar-refractivity contribution in [2.45, 2.75) is 193 Å². The van der Waals surface area contributed by atoms with Gasteiger partial charge in [0.05, 0.1) is 34.4 Å². The average molecular weight is 775 g/mol. The van der Waals surface area contributed by atoms with Crippen molar-refractivity contribution in [1.82, 2.24) is 0 Å². The van der Waals surface area contributed by atoms with Gasteiger partial charge in [0.15, 0.2) is 12.1 Å². The highest BCUT2D eigenvalue weighted by Gasteiger charge is 2.31. The molecule has 0 aromatic rings. The molecule has 0 aliphatic heterocycles. The van der Waals surface area contributed by atoms with Crippen LogP contribution in [0.15, 0.2) is 48.6 Å². The standard InChI is InChI=1S/C47H83NO7/c1-6-8-10-12-14-16-17-18-19-20-21-22-23-24-25-26-27-28-29-30-32-34-36-38-46(50)55-43(41-53-40-39-44(47(51)52)48(3,4)5)42-54-45(49)37-35-33-31-15-13-11-9-7-2/h8,10,14,16,18-19,21-22,43-44H,6-7,9,11-13,15,17,20,23-42H2,1-5H3/p+1/b10-8+,16-14+,19-18+,22-21+. The molecule has 0 aromatic carbocycles. The molecule has 0 rings (SSSR count). The molecule has 0 bridgehead atoms. The summed E-state index contributed by atoms with van der Waals surface area (Å²) < 4.78 is 17.2. The summed E-state index contributed by atoms with van der Waals surface area (Å²) in [4.78, 5) is 36.8. The second-order valence-electron chi connectivity index (χ2n) is 15.9. The minimum Gasteiger partial charge on any atom is -0.477 e. The van der Waals surface area contributed by atoms with Gasteiger partial charge in [0.1, 0.15) is 6.61 Å². The molecule has 0 aliphatic carbocycles. The maximum absolute atomic E-state index is 12.7. The molecule has 318 valence electrons. The summed E-state index contributed by atoms with van der Waals surface area (Å²) in [6, 6.07) is -0.613. The van der Waals surface area contributed by atoms with E-state index in [9.17, 15) is 19.5 Å². The van der Waals surface area contributed by atoms with Gasteiger partial charge in [0.2, 0.25) is 0 Å². The highest BCUT2D eigenvalue weighted by atomic mass is 16.6. The van der Waals surface area contributed by atoms with Crippen molar-refractivity contribution < 1.29 is 38.2 Å². The first kappa shape index (κ1) is 52.3. The lowest BCUT2D eigenvalue weighted by molar-refractivity contribution is -0.887. The first-order valence-electron chi connectivity index (χ1n) is 22.2. The Hall–Kier alpha value is -2.71. The zero-order valence-corrected chi connectivity index (χ0v) is 36.1. The number of carboxylic acids is 1. The molecule has 8 nitrogen and oxygen atoms in total. The van der Waals surface area contributed by atoms with Crippen LogP contribution in [0.25, 0.3) is 0 Å². The van der Waals surface area contributed by atoms with Gasteiger partial charge in [-0.3, -0.25) is 9.59 Å². The molecule has 0 fully saturated rings. The summed E-state index contributed by atoms with van der Waals surface area (Å²) in [6.07, 6.45) is 44.5. The number of hydrogen-bond donors (Lipinski definition) is 1. The van der Waals surface area contributed by atoms with Crippen LogP contribution in [0.2, 0.25) is 0 Å². The monoisotopic (exact) mass is 775 g/mol. The number of nitrogens with zero attached hydrogens (tertiary/aromatic N) is 1. The Labute approximate surface area is 337 Å². The third kappa shape index (κ3) is 36.7. The summed E-state index contributed by atoms with van der Waals surface area (Å²) in [6.45, 7) is 4.59. The number of aliphatic carboxylic acids is 1. The van der Waals surface area contributed by atoms with E-state index < -0.39 is 18.1 Å². The smallest absolute Gasteiger partial charge is 0.362 e. The number of esters is 2. The van der Waals surface area contributed by atoms with Crippen molar-refractivity contribution in [2.75, 3.05) is 41.0 Å². The van der Waals surface area contributed by atoms with Crippen molar-refractivity contribution in [3.05, 3.63) is 48.6 Å².